The largest absolute Gasteiger partial charge is 0.404 e. The first-order valence-electron chi connectivity index (χ1n) is 15.2. The van der Waals surface area contributed by atoms with Crippen LogP contribution in [-0.4, -0.2) is 88.8 Å². The highest BCUT2D eigenvalue weighted by Crippen LogP contribution is 2.48. The van der Waals surface area contributed by atoms with Crippen molar-refractivity contribution in [3.05, 3.63) is 65.0 Å². The highest BCUT2D eigenvalue weighted by Gasteiger charge is 2.40. The zero-order valence-corrected chi connectivity index (χ0v) is 25.5. The number of nitrogens with zero attached hydrogens (tertiary/aromatic N) is 5. The first kappa shape index (κ1) is 30.5. The highest BCUT2D eigenvalue weighted by atomic mass is 16.3. The van der Waals surface area contributed by atoms with Gasteiger partial charge in [0.05, 0.1) is 43.0 Å². The minimum absolute atomic E-state index is 0.0337. The smallest absolute Gasteiger partial charge is 0.274 e. The molecule has 0 radical (unpaired) electrons. The molecule has 1 atom stereocenters. The molecular weight excluding hydrogens is 544 g/mol. The molecule has 2 fully saturated rings. The minimum atomic E-state index is -0.251. The fourth-order valence-corrected chi connectivity index (χ4v) is 6.49. The van der Waals surface area contributed by atoms with Crippen molar-refractivity contribution in [2.75, 3.05) is 50.5 Å². The van der Waals surface area contributed by atoms with E-state index in [2.05, 4.69) is 30.4 Å². The molecule has 4 heterocycles. The number of aliphatic hydroxyl groups excluding tert-OH is 1. The van der Waals surface area contributed by atoms with Gasteiger partial charge in [-0.15, -0.1) is 0 Å². The SMILES string of the molecule is CCC1=C(C(=O)Nc2cc(NC(=O)CN3CCC4(CCC4)CC3)cnc2C)N2C=CC(C(C=NCCO)=CN)=CC2N1C. The number of aryl methyl sites for hydroxylation is 1. The van der Waals surface area contributed by atoms with E-state index < -0.39 is 0 Å². The average Bonchev–Trinajstić information content (AvgIpc) is 3.27. The van der Waals surface area contributed by atoms with Gasteiger partial charge in [-0.1, -0.05) is 13.3 Å². The number of aromatic nitrogens is 1. The van der Waals surface area contributed by atoms with E-state index >= 15 is 0 Å². The molecule has 5 N–H and O–H groups in total. The molecular formula is C32H44N8O3. The van der Waals surface area contributed by atoms with Crippen LogP contribution in [0.3, 0.4) is 0 Å². The number of allylic oxidation sites excluding steroid dienone is 4. The standard InChI is InChI=1S/C32H44N8O3/c1-4-27-30(40-12-6-23(16-29(40)38(27)3)24(18-33)19-34-11-15-41)31(43)37-26-17-25(20-35-22(26)2)36-28(42)21-39-13-9-32(10-14-39)7-5-8-32/h6,12,16-20,29,41H,4-5,7-11,13-15,21,33H2,1-3H3,(H,36,42)(H,37,43). The van der Waals surface area contributed by atoms with Crippen LogP contribution in [0.1, 0.15) is 51.1 Å². The summed E-state index contributed by atoms with van der Waals surface area (Å²) in [6.07, 6.45) is 17.4. The number of likely N-dealkylation sites (N-methyl/N-ethyl adjacent to an activating group) is 1. The lowest BCUT2D eigenvalue weighted by molar-refractivity contribution is -0.118. The monoisotopic (exact) mass is 588 g/mol. The lowest BCUT2D eigenvalue weighted by atomic mass is 9.63. The molecule has 3 aliphatic heterocycles. The van der Waals surface area contributed by atoms with Crippen molar-refractivity contribution in [1.29, 1.82) is 0 Å². The molecule has 1 spiro atoms. The first-order chi connectivity index (χ1) is 20.8. The quantitative estimate of drug-likeness (QED) is 0.306. The number of pyridine rings is 1. The van der Waals surface area contributed by atoms with Gasteiger partial charge in [-0.05, 0) is 81.3 Å². The molecule has 0 bridgehead atoms. The number of carbonyl (C=O) groups is 2. The molecule has 1 unspecified atom stereocenters. The van der Waals surface area contributed by atoms with Crippen LogP contribution < -0.4 is 16.4 Å². The molecule has 11 heteroatoms. The Balaban J connectivity index is 1.25. The average molecular weight is 589 g/mol. The molecule has 1 saturated heterocycles. The third kappa shape index (κ3) is 6.52. The number of rotatable bonds is 10. The van der Waals surface area contributed by atoms with Gasteiger partial charge in [-0.2, -0.15) is 0 Å². The Kier molecular flexibility index (Phi) is 9.31. The molecule has 4 aliphatic rings. The summed E-state index contributed by atoms with van der Waals surface area (Å²) < 4.78 is 0. The summed E-state index contributed by atoms with van der Waals surface area (Å²) in [7, 11) is 1.97. The number of likely N-dealkylation sites (tertiary alicyclic amines) is 1. The first-order valence-corrected chi connectivity index (χ1v) is 15.2. The number of nitrogens with one attached hydrogen (secondary N) is 2. The second-order valence-electron chi connectivity index (χ2n) is 11.9. The molecule has 11 nitrogen and oxygen atoms in total. The number of amides is 2. The highest BCUT2D eigenvalue weighted by molar-refractivity contribution is 6.05. The van der Waals surface area contributed by atoms with Crippen LogP contribution in [0.2, 0.25) is 0 Å². The zero-order chi connectivity index (χ0) is 30.6. The second kappa shape index (κ2) is 13.1. The number of piperidine rings is 1. The molecule has 230 valence electrons. The third-order valence-electron chi connectivity index (χ3n) is 9.22. The lowest BCUT2D eigenvalue weighted by Gasteiger charge is -2.47. The molecule has 2 amide bonds. The van der Waals surface area contributed by atoms with Crippen molar-refractivity contribution < 1.29 is 14.7 Å². The van der Waals surface area contributed by atoms with E-state index in [1.165, 1.54) is 38.3 Å². The summed E-state index contributed by atoms with van der Waals surface area (Å²) in [6, 6.07) is 1.77. The van der Waals surface area contributed by atoms with E-state index in [-0.39, 0.29) is 24.6 Å². The van der Waals surface area contributed by atoms with Crippen LogP contribution in [0.25, 0.3) is 0 Å². The molecule has 43 heavy (non-hydrogen) atoms. The van der Waals surface area contributed by atoms with E-state index in [0.29, 0.717) is 47.7 Å². The fraction of sp³-hybridized carbons (Fsp3) is 0.500. The zero-order valence-electron chi connectivity index (χ0n) is 25.5. The van der Waals surface area contributed by atoms with Crippen LogP contribution in [0.15, 0.2) is 64.3 Å². The Labute approximate surface area is 253 Å². The van der Waals surface area contributed by atoms with E-state index in [1.807, 2.05) is 44.1 Å². The topological polar surface area (TPSA) is 139 Å². The number of fused-ring (bicyclic) bond motifs is 1. The van der Waals surface area contributed by atoms with Crippen molar-refractivity contribution in [3.8, 4) is 0 Å². The second-order valence-corrected chi connectivity index (χ2v) is 11.9. The van der Waals surface area contributed by atoms with Gasteiger partial charge < -0.3 is 31.3 Å². The number of nitrogens with two attached hydrogens (primary N) is 1. The summed E-state index contributed by atoms with van der Waals surface area (Å²) in [5.41, 5.74) is 11.2. The molecule has 0 aromatic carbocycles. The number of carbonyl (C=O) groups excluding carboxylic acids is 2. The maximum absolute atomic E-state index is 13.8. The Hall–Kier alpha value is -3.96. The maximum Gasteiger partial charge on any atom is 0.274 e. The Morgan fingerprint density at radius 3 is 2.65 bits per heavy atom. The van der Waals surface area contributed by atoms with Crippen LogP contribution >= 0.6 is 0 Å². The van der Waals surface area contributed by atoms with Crippen molar-refractivity contribution >= 4 is 29.4 Å². The number of hydrogen-bond acceptors (Lipinski definition) is 9. The van der Waals surface area contributed by atoms with Gasteiger partial charge in [0, 0.05) is 36.9 Å². The predicted molar refractivity (Wildman–Crippen MR) is 169 cm³/mol. The van der Waals surface area contributed by atoms with Gasteiger partial charge in [0.25, 0.3) is 5.91 Å². The number of aliphatic hydroxyl groups is 1. The van der Waals surface area contributed by atoms with E-state index in [1.54, 1.807) is 18.5 Å². The number of anilines is 2. The van der Waals surface area contributed by atoms with Crippen LogP contribution in [0.5, 0.6) is 0 Å². The Bertz CT molecular complexity index is 1380. The molecule has 1 aliphatic carbocycles. The van der Waals surface area contributed by atoms with E-state index in [0.717, 1.165) is 29.9 Å². The molecule has 1 aromatic rings. The lowest BCUT2D eigenvalue weighted by Crippen LogP contribution is -2.45. The van der Waals surface area contributed by atoms with Crippen molar-refractivity contribution in [2.45, 2.75) is 58.5 Å². The summed E-state index contributed by atoms with van der Waals surface area (Å²) in [6.45, 7) is 6.41. The van der Waals surface area contributed by atoms with Gasteiger partial charge in [0.2, 0.25) is 5.91 Å². The van der Waals surface area contributed by atoms with Gasteiger partial charge >= 0.3 is 0 Å². The van der Waals surface area contributed by atoms with Gasteiger partial charge in [-0.25, -0.2) is 0 Å². The van der Waals surface area contributed by atoms with Crippen molar-refractivity contribution in [3.63, 3.8) is 0 Å². The van der Waals surface area contributed by atoms with Crippen LogP contribution in [-0.2, 0) is 9.59 Å². The molecule has 1 saturated carbocycles. The maximum atomic E-state index is 13.8. The molecule has 5 rings (SSSR count). The minimum Gasteiger partial charge on any atom is -0.404 e. The van der Waals surface area contributed by atoms with Gasteiger partial charge in [0.1, 0.15) is 11.9 Å². The Morgan fingerprint density at radius 2 is 2.00 bits per heavy atom. The van der Waals surface area contributed by atoms with Crippen LogP contribution in [0.4, 0.5) is 11.4 Å². The fourth-order valence-electron chi connectivity index (χ4n) is 6.49. The predicted octanol–water partition coefficient (Wildman–Crippen LogP) is 3.09. The van der Waals surface area contributed by atoms with Crippen molar-refractivity contribution in [2.24, 2.45) is 16.1 Å². The third-order valence-corrected chi connectivity index (χ3v) is 9.22. The van der Waals surface area contributed by atoms with E-state index in [4.69, 9.17) is 10.8 Å². The summed E-state index contributed by atoms with van der Waals surface area (Å²) in [5.74, 6) is -0.324. The molecule has 1 aromatic heterocycles. The number of aliphatic imine (C=N–C) groups is 1. The summed E-state index contributed by atoms with van der Waals surface area (Å²) in [4.78, 5) is 41.5. The van der Waals surface area contributed by atoms with Gasteiger partial charge in [-0.3, -0.25) is 24.5 Å². The Morgan fingerprint density at radius 1 is 1.23 bits per heavy atom. The van der Waals surface area contributed by atoms with Gasteiger partial charge in [0.15, 0.2) is 0 Å². The van der Waals surface area contributed by atoms with E-state index in [9.17, 15) is 9.59 Å². The summed E-state index contributed by atoms with van der Waals surface area (Å²) >= 11 is 0. The number of hydrogen-bond donors (Lipinski definition) is 4. The normalized spacial score (nSPS) is 21.7. The van der Waals surface area contributed by atoms with Crippen molar-refractivity contribution in [1.82, 2.24) is 19.7 Å². The summed E-state index contributed by atoms with van der Waals surface area (Å²) in [5, 5.41) is 15.1. The van der Waals surface area contributed by atoms with Crippen LogP contribution in [0, 0.1) is 12.3 Å².